The molecule has 1 aliphatic rings. The van der Waals surface area contributed by atoms with E-state index in [1.165, 1.54) is 24.3 Å². The van der Waals surface area contributed by atoms with Crippen molar-refractivity contribution < 1.29 is 29.4 Å². The van der Waals surface area contributed by atoms with Crippen LogP contribution in [0.5, 0.6) is 0 Å². The molecule has 0 radical (unpaired) electrons. The molecule has 12 nitrogen and oxygen atoms in total. The number of aliphatic hydroxyl groups is 1. The number of aliphatic hydroxyl groups excluding tert-OH is 1. The number of imidazole rings is 1. The van der Waals surface area contributed by atoms with Gasteiger partial charge in [0.15, 0.2) is 0 Å². The number of carbonyl (C=O) groups is 4. The van der Waals surface area contributed by atoms with Gasteiger partial charge in [0.2, 0.25) is 17.7 Å². The van der Waals surface area contributed by atoms with E-state index in [1.807, 2.05) is 0 Å². The minimum Gasteiger partial charge on any atom is -0.480 e. The van der Waals surface area contributed by atoms with E-state index in [0.717, 1.165) is 0 Å². The van der Waals surface area contributed by atoms with Crippen molar-refractivity contribution in [2.75, 3.05) is 13.2 Å². The summed E-state index contributed by atoms with van der Waals surface area (Å²) >= 11 is 0. The number of nitrogens with zero attached hydrogens (tertiary/aromatic N) is 2. The van der Waals surface area contributed by atoms with Crippen LogP contribution in [0.15, 0.2) is 12.5 Å². The maximum Gasteiger partial charge on any atom is 0.328 e. The second kappa shape index (κ2) is 9.98. The number of carboxylic acid groups (broad SMARTS) is 1. The summed E-state index contributed by atoms with van der Waals surface area (Å²) in [6.45, 7) is 0.996. The van der Waals surface area contributed by atoms with Crippen LogP contribution in [0.3, 0.4) is 0 Å². The van der Waals surface area contributed by atoms with Gasteiger partial charge in [0, 0.05) is 24.9 Å². The highest BCUT2D eigenvalue weighted by Crippen LogP contribution is 2.20. The van der Waals surface area contributed by atoms with Crippen LogP contribution in [0, 0.1) is 0 Å². The van der Waals surface area contributed by atoms with E-state index in [9.17, 15) is 19.2 Å². The summed E-state index contributed by atoms with van der Waals surface area (Å²) in [6.07, 6.45) is 3.96. The largest absolute Gasteiger partial charge is 0.480 e. The number of nitrogens with two attached hydrogens (primary N) is 1. The first-order valence-corrected chi connectivity index (χ1v) is 9.22. The zero-order valence-corrected chi connectivity index (χ0v) is 16.0. The highest BCUT2D eigenvalue weighted by atomic mass is 16.4. The lowest BCUT2D eigenvalue weighted by molar-refractivity contribution is -0.145. The minimum absolute atomic E-state index is 0.122. The standard InChI is InChI=1S/C17H26N6O6/c1-9(18)14(25)21-11(5-10-6-19-8-20-10)16(27)23-4-2-3-13(23)15(26)22-12(7-24)17(28)29/h6,8-9,11-13,24H,2-5,7,18H2,1H3,(H,19,20)(H,21,25)(H,22,26)(H,28,29). The molecule has 1 aliphatic heterocycles. The highest BCUT2D eigenvalue weighted by molar-refractivity contribution is 5.94. The maximum absolute atomic E-state index is 13.1. The first kappa shape index (κ1) is 22.3. The van der Waals surface area contributed by atoms with Crippen LogP contribution in [0.25, 0.3) is 0 Å². The van der Waals surface area contributed by atoms with Crippen molar-refractivity contribution in [1.82, 2.24) is 25.5 Å². The number of carboxylic acids is 1. The number of carbonyl (C=O) groups excluding carboxylic acids is 3. The molecule has 4 unspecified atom stereocenters. The molecule has 1 aromatic heterocycles. The summed E-state index contributed by atoms with van der Waals surface area (Å²) < 4.78 is 0. The number of H-pyrrole nitrogens is 1. The molecule has 160 valence electrons. The van der Waals surface area contributed by atoms with Gasteiger partial charge < -0.3 is 36.5 Å². The topological polar surface area (TPSA) is 191 Å². The normalized spacial score (nSPS) is 19.3. The molecule has 1 fully saturated rings. The molecule has 1 saturated heterocycles. The molecular formula is C17H26N6O6. The van der Waals surface area contributed by atoms with Crippen molar-refractivity contribution in [2.24, 2.45) is 5.73 Å². The molecule has 0 saturated carbocycles. The number of aromatic amines is 1. The second-order valence-electron chi connectivity index (χ2n) is 6.90. The first-order chi connectivity index (χ1) is 13.7. The number of aliphatic carboxylic acids is 1. The van der Waals surface area contributed by atoms with E-state index in [4.69, 9.17) is 15.9 Å². The summed E-state index contributed by atoms with van der Waals surface area (Å²) in [5, 5.41) is 22.9. The third-order valence-corrected chi connectivity index (χ3v) is 4.64. The molecule has 2 rings (SSSR count). The Hall–Kier alpha value is -2.99. The number of hydrogen-bond donors (Lipinski definition) is 6. The molecule has 1 aromatic rings. The van der Waals surface area contributed by atoms with Crippen LogP contribution >= 0.6 is 0 Å². The van der Waals surface area contributed by atoms with Crippen molar-refractivity contribution >= 4 is 23.7 Å². The van der Waals surface area contributed by atoms with Gasteiger partial charge in [-0.1, -0.05) is 0 Å². The summed E-state index contributed by atoms with van der Waals surface area (Å²) in [5.74, 6) is -3.05. The Labute approximate surface area is 166 Å². The molecule has 0 spiro atoms. The fourth-order valence-corrected chi connectivity index (χ4v) is 3.08. The Kier molecular flexibility index (Phi) is 7.67. The van der Waals surface area contributed by atoms with Crippen LogP contribution in [-0.2, 0) is 25.6 Å². The van der Waals surface area contributed by atoms with E-state index < -0.39 is 54.5 Å². The predicted molar refractivity (Wildman–Crippen MR) is 99.3 cm³/mol. The Morgan fingerprint density at radius 2 is 2.07 bits per heavy atom. The molecule has 0 aromatic carbocycles. The minimum atomic E-state index is -1.46. The van der Waals surface area contributed by atoms with E-state index in [2.05, 4.69) is 20.6 Å². The SMILES string of the molecule is CC(N)C(=O)NC(Cc1cnc[nH]1)C(=O)N1CCCC1C(=O)NC(CO)C(=O)O. The first-order valence-electron chi connectivity index (χ1n) is 9.22. The Bertz CT molecular complexity index is 737. The molecule has 12 heteroatoms. The lowest BCUT2D eigenvalue weighted by Gasteiger charge is -2.29. The number of likely N-dealkylation sites (tertiary alicyclic amines) is 1. The van der Waals surface area contributed by atoms with Gasteiger partial charge in [0.25, 0.3) is 0 Å². The van der Waals surface area contributed by atoms with Gasteiger partial charge in [-0.15, -0.1) is 0 Å². The predicted octanol–water partition coefficient (Wildman–Crippen LogP) is -2.66. The van der Waals surface area contributed by atoms with E-state index in [-0.39, 0.29) is 13.0 Å². The average molecular weight is 410 g/mol. The number of hydrogen-bond acceptors (Lipinski definition) is 7. The second-order valence-corrected chi connectivity index (χ2v) is 6.90. The molecule has 3 amide bonds. The van der Waals surface area contributed by atoms with Gasteiger partial charge in [0.1, 0.15) is 18.1 Å². The number of nitrogens with one attached hydrogen (secondary N) is 3. The molecule has 4 atom stereocenters. The summed E-state index contributed by atoms with van der Waals surface area (Å²) in [6, 6.07) is -4.16. The quantitative estimate of drug-likeness (QED) is 0.254. The fraction of sp³-hybridized carbons (Fsp3) is 0.588. The van der Waals surface area contributed by atoms with Crippen molar-refractivity contribution in [3.05, 3.63) is 18.2 Å². The third kappa shape index (κ3) is 5.74. The van der Waals surface area contributed by atoms with Crippen LogP contribution in [0.1, 0.15) is 25.5 Å². The van der Waals surface area contributed by atoms with E-state index >= 15 is 0 Å². The molecule has 29 heavy (non-hydrogen) atoms. The molecule has 0 aliphatic carbocycles. The summed E-state index contributed by atoms with van der Waals surface area (Å²) in [7, 11) is 0. The highest BCUT2D eigenvalue weighted by Gasteiger charge is 2.39. The van der Waals surface area contributed by atoms with Crippen molar-refractivity contribution in [3.8, 4) is 0 Å². The lowest BCUT2D eigenvalue weighted by Crippen LogP contribution is -2.57. The molecular weight excluding hydrogens is 384 g/mol. The van der Waals surface area contributed by atoms with Gasteiger partial charge in [-0.2, -0.15) is 0 Å². The van der Waals surface area contributed by atoms with Gasteiger partial charge in [-0.3, -0.25) is 14.4 Å². The maximum atomic E-state index is 13.1. The number of rotatable bonds is 9. The monoisotopic (exact) mass is 410 g/mol. The van der Waals surface area contributed by atoms with Crippen LogP contribution < -0.4 is 16.4 Å². The Morgan fingerprint density at radius 3 is 2.62 bits per heavy atom. The third-order valence-electron chi connectivity index (χ3n) is 4.64. The molecule has 2 heterocycles. The summed E-state index contributed by atoms with van der Waals surface area (Å²) in [5.41, 5.74) is 6.20. The Balaban J connectivity index is 2.15. The zero-order chi connectivity index (χ0) is 21.6. The number of amides is 3. The van der Waals surface area contributed by atoms with Crippen LogP contribution in [-0.4, -0.2) is 86.1 Å². The summed E-state index contributed by atoms with van der Waals surface area (Å²) in [4.78, 5) is 56.8. The van der Waals surface area contributed by atoms with E-state index in [1.54, 1.807) is 0 Å². The van der Waals surface area contributed by atoms with Gasteiger partial charge in [0.05, 0.1) is 19.0 Å². The lowest BCUT2D eigenvalue weighted by atomic mass is 10.1. The van der Waals surface area contributed by atoms with Crippen molar-refractivity contribution in [3.63, 3.8) is 0 Å². The zero-order valence-electron chi connectivity index (χ0n) is 16.0. The fourth-order valence-electron chi connectivity index (χ4n) is 3.08. The smallest absolute Gasteiger partial charge is 0.328 e. The van der Waals surface area contributed by atoms with Crippen LogP contribution in [0.4, 0.5) is 0 Å². The van der Waals surface area contributed by atoms with Crippen LogP contribution in [0.2, 0.25) is 0 Å². The van der Waals surface area contributed by atoms with Gasteiger partial charge >= 0.3 is 5.97 Å². The van der Waals surface area contributed by atoms with Crippen molar-refractivity contribution in [1.29, 1.82) is 0 Å². The van der Waals surface area contributed by atoms with Gasteiger partial charge in [-0.25, -0.2) is 9.78 Å². The molecule has 0 bridgehead atoms. The molecule has 7 N–H and O–H groups in total. The number of aromatic nitrogens is 2. The Morgan fingerprint density at radius 1 is 1.34 bits per heavy atom. The van der Waals surface area contributed by atoms with Gasteiger partial charge in [-0.05, 0) is 19.8 Å². The van der Waals surface area contributed by atoms with E-state index in [0.29, 0.717) is 18.5 Å². The van der Waals surface area contributed by atoms with Crippen molar-refractivity contribution in [2.45, 2.75) is 50.4 Å². The average Bonchev–Trinajstić information content (AvgIpc) is 3.36.